The van der Waals surface area contributed by atoms with Gasteiger partial charge in [-0.3, -0.25) is 4.79 Å². The number of carbonyl (C=O) groups excluding carboxylic acids is 1. The van der Waals surface area contributed by atoms with Crippen molar-refractivity contribution in [3.05, 3.63) is 65.2 Å². The fourth-order valence-corrected chi connectivity index (χ4v) is 2.17. The zero-order valence-corrected chi connectivity index (χ0v) is 9.90. The van der Waals surface area contributed by atoms with Gasteiger partial charge in [-0.1, -0.05) is 18.2 Å². The lowest BCUT2D eigenvalue weighted by molar-refractivity contribution is 0.0849. The first-order valence-electron chi connectivity index (χ1n) is 5.89. The van der Waals surface area contributed by atoms with Gasteiger partial charge in [0.05, 0.1) is 12.0 Å². The highest BCUT2D eigenvalue weighted by Crippen LogP contribution is 2.34. The maximum atomic E-state index is 13.2. The molecule has 3 rings (SSSR count). The molecule has 1 atom stereocenters. The number of Topliss-reactive ketones (excluding diaryl/α,β-unsaturated/α-hetero) is 1. The molecule has 0 amide bonds. The van der Waals surface area contributed by atoms with Gasteiger partial charge in [0, 0.05) is 0 Å². The molecule has 0 radical (unpaired) electrons. The van der Waals surface area contributed by atoms with Gasteiger partial charge in [-0.25, -0.2) is 8.78 Å². The molecule has 0 saturated carbocycles. The van der Waals surface area contributed by atoms with Gasteiger partial charge in [0.25, 0.3) is 0 Å². The minimum atomic E-state index is -0.938. The first kappa shape index (κ1) is 11.8. The lowest BCUT2D eigenvalue weighted by atomic mass is 9.96. The van der Waals surface area contributed by atoms with Crippen molar-refractivity contribution in [3.8, 4) is 5.75 Å². The van der Waals surface area contributed by atoms with E-state index in [2.05, 4.69) is 0 Å². The second-order valence-electron chi connectivity index (χ2n) is 4.40. The van der Waals surface area contributed by atoms with Crippen molar-refractivity contribution < 1.29 is 18.3 Å². The molecule has 0 fully saturated rings. The molecule has 0 spiro atoms. The Labute approximate surface area is 108 Å². The largest absolute Gasteiger partial charge is 0.484 e. The summed E-state index contributed by atoms with van der Waals surface area (Å²) in [6.07, 6.45) is -0.445. The number of ketones is 1. The number of hydrogen-bond acceptors (Lipinski definition) is 2. The molecule has 96 valence electrons. The summed E-state index contributed by atoms with van der Waals surface area (Å²) in [5.74, 6) is -1.43. The molecular weight excluding hydrogens is 250 g/mol. The van der Waals surface area contributed by atoms with Crippen LogP contribution in [0.5, 0.6) is 5.75 Å². The summed E-state index contributed by atoms with van der Waals surface area (Å²) in [5, 5.41) is 0. The van der Waals surface area contributed by atoms with Crippen molar-refractivity contribution in [2.75, 3.05) is 0 Å². The highest BCUT2D eigenvalue weighted by molar-refractivity contribution is 5.99. The Bertz CT molecular complexity index is 652. The van der Waals surface area contributed by atoms with Crippen LogP contribution in [0.4, 0.5) is 8.78 Å². The number of ether oxygens (including phenoxy) is 1. The van der Waals surface area contributed by atoms with Gasteiger partial charge in [0.1, 0.15) is 11.9 Å². The van der Waals surface area contributed by atoms with E-state index in [1.54, 1.807) is 24.3 Å². The molecule has 2 aromatic rings. The molecule has 4 heteroatoms. The zero-order valence-electron chi connectivity index (χ0n) is 9.90. The molecular formula is C15H10F2O2. The van der Waals surface area contributed by atoms with E-state index < -0.39 is 17.7 Å². The van der Waals surface area contributed by atoms with Crippen LogP contribution in [0.3, 0.4) is 0 Å². The summed E-state index contributed by atoms with van der Waals surface area (Å²) >= 11 is 0. The molecule has 1 unspecified atom stereocenters. The third-order valence-electron chi connectivity index (χ3n) is 3.14. The normalized spacial score (nSPS) is 17.8. The van der Waals surface area contributed by atoms with Crippen LogP contribution in [0.2, 0.25) is 0 Å². The lowest BCUT2D eigenvalue weighted by Gasteiger charge is -2.25. The maximum absolute atomic E-state index is 13.2. The molecule has 1 aliphatic heterocycles. The van der Waals surface area contributed by atoms with Gasteiger partial charge in [-0.15, -0.1) is 0 Å². The quantitative estimate of drug-likeness (QED) is 0.782. The standard InChI is InChI=1S/C15H10F2O2/c16-11-6-5-9(7-12(11)17)15-8-13(18)10-3-1-2-4-14(10)19-15/h1-7,15H,8H2. The number of fused-ring (bicyclic) bond motifs is 1. The van der Waals surface area contributed by atoms with Gasteiger partial charge in [0.15, 0.2) is 17.4 Å². The van der Waals surface area contributed by atoms with Gasteiger partial charge in [0.2, 0.25) is 0 Å². The Balaban J connectivity index is 1.96. The van der Waals surface area contributed by atoms with E-state index in [1.165, 1.54) is 6.07 Å². The van der Waals surface area contributed by atoms with E-state index in [9.17, 15) is 13.6 Å². The topological polar surface area (TPSA) is 26.3 Å². The number of rotatable bonds is 1. The van der Waals surface area contributed by atoms with Crippen LogP contribution in [0.1, 0.15) is 28.4 Å². The van der Waals surface area contributed by atoms with Crippen LogP contribution in [-0.4, -0.2) is 5.78 Å². The Kier molecular flexibility index (Phi) is 2.78. The van der Waals surface area contributed by atoms with E-state index in [1.807, 2.05) is 0 Å². The van der Waals surface area contributed by atoms with E-state index >= 15 is 0 Å². The molecule has 0 aromatic heterocycles. The SMILES string of the molecule is O=C1CC(c2ccc(F)c(F)c2)Oc2ccccc21. The van der Waals surface area contributed by atoms with Crippen molar-refractivity contribution in [2.45, 2.75) is 12.5 Å². The molecule has 2 nitrogen and oxygen atoms in total. The first-order valence-corrected chi connectivity index (χ1v) is 5.89. The van der Waals surface area contributed by atoms with Crippen LogP contribution < -0.4 is 4.74 Å². The second-order valence-corrected chi connectivity index (χ2v) is 4.40. The predicted molar refractivity (Wildman–Crippen MR) is 65.1 cm³/mol. The molecule has 0 aliphatic carbocycles. The summed E-state index contributed by atoms with van der Waals surface area (Å²) in [5.41, 5.74) is 0.989. The second kappa shape index (κ2) is 4.46. The molecule has 0 bridgehead atoms. The van der Waals surface area contributed by atoms with E-state index in [-0.39, 0.29) is 12.2 Å². The highest BCUT2D eigenvalue weighted by Gasteiger charge is 2.27. The summed E-state index contributed by atoms with van der Waals surface area (Å²) < 4.78 is 31.8. The summed E-state index contributed by atoms with van der Waals surface area (Å²) in [6, 6.07) is 10.5. The summed E-state index contributed by atoms with van der Waals surface area (Å²) in [7, 11) is 0. The Morgan fingerprint density at radius 3 is 2.63 bits per heavy atom. The molecule has 1 aliphatic rings. The van der Waals surface area contributed by atoms with Gasteiger partial charge >= 0.3 is 0 Å². The van der Waals surface area contributed by atoms with Crippen molar-refractivity contribution in [2.24, 2.45) is 0 Å². The molecule has 2 aromatic carbocycles. The zero-order chi connectivity index (χ0) is 13.4. The molecule has 19 heavy (non-hydrogen) atoms. The van der Waals surface area contributed by atoms with E-state index in [4.69, 9.17) is 4.74 Å². The fourth-order valence-electron chi connectivity index (χ4n) is 2.17. The number of halogens is 2. The number of benzene rings is 2. The predicted octanol–water partition coefficient (Wildman–Crippen LogP) is 3.67. The van der Waals surface area contributed by atoms with Crippen LogP contribution in [0, 0.1) is 11.6 Å². The number of para-hydroxylation sites is 1. The Hall–Kier alpha value is -2.23. The summed E-state index contributed by atoms with van der Waals surface area (Å²) in [6.45, 7) is 0. The van der Waals surface area contributed by atoms with E-state index in [0.29, 0.717) is 16.9 Å². The molecule has 1 heterocycles. The minimum Gasteiger partial charge on any atom is -0.484 e. The Morgan fingerprint density at radius 2 is 1.84 bits per heavy atom. The lowest BCUT2D eigenvalue weighted by Crippen LogP contribution is -2.20. The van der Waals surface area contributed by atoms with Crippen molar-refractivity contribution >= 4 is 5.78 Å². The van der Waals surface area contributed by atoms with Gasteiger partial charge < -0.3 is 4.74 Å². The van der Waals surface area contributed by atoms with Crippen LogP contribution in [0.15, 0.2) is 42.5 Å². The highest BCUT2D eigenvalue weighted by atomic mass is 19.2. The van der Waals surface area contributed by atoms with Crippen LogP contribution >= 0.6 is 0 Å². The minimum absolute atomic E-state index is 0.0587. The first-order chi connectivity index (χ1) is 9.15. The average Bonchev–Trinajstić information content (AvgIpc) is 2.42. The maximum Gasteiger partial charge on any atom is 0.170 e. The van der Waals surface area contributed by atoms with Crippen LogP contribution in [-0.2, 0) is 0 Å². The smallest absolute Gasteiger partial charge is 0.170 e. The van der Waals surface area contributed by atoms with Crippen molar-refractivity contribution in [1.29, 1.82) is 0 Å². The van der Waals surface area contributed by atoms with Crippen molar-refractivity contribution in [3.63, 3.8) is 0 Å². The third-order valence-corrected chi connectivity index (χ3v) is 3.14. The van der Waals surface area contributed by atoms with Crippen LogP contribution in [0.25, 0.3) is 0 Å². The average molecular weight is 260 g/mol. The number of hydrogen-bond donors (Lipinski definition) is 0. The monoisotopic (exact) mass is 260 g/mol. The third kappa shape index (κ3) is 2.10. The van der Waals surface area contributed by atoms with Crippen molar-refractivity contribution in [1.82, 2.24) is 0 Å². The Morgan fingerprint density at radius 1 is 1.05 bits per heavy atom. The molecule has 0 saturated heterocycles. The van der Waals surface area contributed by atoms with E-state index in [0.717, 1.165) is 12.1 Å². The molecule has 0 N–H and O–H groups in total. The number of carbonyl (C=O) groups is 1. The summed E-state index contributed by atoms with van der Waals surface area (Å²) in [4.78, 5) is 12.0. The fraction of sp³-hybridized carbons (Fsp3) is 0.133. The van der Waals surface area contributed by atoms with Gasteiger partial charge in [-0.2, -0.15) is 0 Å². The van der Waals surface area contributed by atoms with Gasteiger partial charge in [-0.05, 0) is 29.8 Å².